The number of halogens is 1. The summed E-state index contributed by atoms with van der Waals surface area (Å²) >= 11 is 4.23. The minimum absolute atomic E-state index is 0.277. The van der Waals surface area contributed by atoms with Gasteiger partial charge >= 0.3 is 0 Å². The minimum Gasteiger partial charge on any atom is -0.0695 e. The van der Waals surface area contributed by atoms with Crippen molar-refractivity contribution < 1.29 is 0 Å². The Balaban J connectivity index is 1.91. The predicted molar refractivity (Wildman–Crippen MR) is 114 cm³/mol. The molecule has 0 aliphatic heterocycles. The molecule has 128 valence electrons. The first-order valence-electron chi connectivity index (χ1n) is 9.33. The van der Waals surface area contributed by atoms with E-state index >= 15 is 0 Å². The molecule has 3 aliphatic carbocycles. The monoisotopic (exact) mass is 408 g/mol. The number of rotatable bonds is 1. The van der Waals surface area contributed by atoms with E-state index in [-0.39, 0.29) is 9.74 Å². The van der Waals surface area contributed by atoms with Gasteiger partial charge in [-0.2, -0.15) is 0 Å². The van der Waals surface area contributed by atoms with Crippen molar-refractivity contribution in [1.29, 1.82) is 0 Å². The van der Waals surface area contributed by atoms with Gasteiger partial charge in [0.05, 0.1) is 5.41 Å². The summed E-state index contributed by atoms with van der Waals surface area (Å²) in [5.74, 6) is 0. The SMILES string of the molecule is BrC12c3ccccc3C(c3ccccc3)(c3ccccc31)c1ccccc12. The Morgan fingerprint density at radius 2 is 0.741 bits per heavy atom. The molecule has 4 aromatic rings. The molecule has 0 unspecified atom stereocenters. The Morgan fingerprint density at radius 3 is 1.15 bits per heavy atom. The van der Waals surface area contributed by atoms with E-state index in [2.05, 4.69) is 119 Å². The predicted octanol–water partition coefficient (Wildman–Crippen LogP) is 6.38. The fourth-order valence-electron chi connectivity index (χ4n) is 5.36. The normalized spacial score (nSPS) is 24.0. The molecule has 0 N–H and O–H groups in total. The zero-order valence-corrected chi connectivity index (χ0v) is 16.3. The zero-order valence-electron chi connectivity index (χ0n) is 14.7. The van der Waals surface area contributed by atoms with Gasteiger partial charge in [0.2, 0.25) is 0 Å². The second kappa shape index (κ2) is 5.21. The van der Waals surface area contributed by atoms with Gasteiger partial charge in [-0.05, 0) is 38.9 Å². The lowest BCUT2D eigenvalue weighted by Crippen LogP contribution is -2.48. The number of alkyl halides is 1. The van der Waals surface area contributed by atoms with Gasteiger partial charge in [-0.3, -0.25) is 0 Å². The van der Waals surface area contributed by atoms with Crippen LogP contribution in [0.5, 0.6) is 0 Å². The highest BCUT2D eigenvalue weighted by Gasteiger charge is 2.58. The van der Waals surface area contributed by atoms with Crippen LogP contribution in [-0.4, -0.2) is 0 Å². The summed E-state index contributed by atoms with van der Waals surface area (Å²) < 4.78 is -0.298. The maximum atomic E-state index is 4.23. The first-order chi connectivity index (χ1) is 13.3. The summed E-state index contributed by atoms with van der Waals surface area (Å²) in [5, 5.41) is 0. The molecule has 1 heteroatoms. The van der Waals surface area contributed by atoms with Crippen LogP contribution in [-0.2, 0) is 9.74 Å². The molecular formula is C26H17Br. The Kier molecular flexibility index (Phi) is 2.97. The fraction of sp³-hybridized carbons (Fsp3) is 0.0769. The Labute approximate surface area is 167 Å². The number of hydrogen-bond acceptors (Lipinski definition) is 0. The van der Waals surface area contributed by atoms with E-state index in [9.17, 15) is 0 Å². The van der Waals surface area contributed by atoms with Crippen LogP contribution in [0.15, 0.2) is 103 Å². The second-order valence-electron chi connectivity index (χ2n) is 7.41. The second-order valence-corrected chi connectivity index (χ2v) is 8.60. The van der Waals surface area contributed by atoms with Gasteiger partial charge in [0, 0.05) is 0 Å². The molecule has 27 heavy (non-hydrogen) atoms. The van der Waals surface area contributed by atoms with Crippen molar-refractivity contribution in [2.24, 2.45) is 0 Å². The lowest BCUT2D eigenvalue weighted by Gasteiger charge is -2.54. The van der Waals surface area contributed by atoms with Crippen LogP contribution in [0.4, 0.5) is 0 Å². The molecule has 0 atom stereocenters. The molecule has 0 spiro atoms. The maximum Gasteiger partial charge on any atom is 0.101 e. The summed E-state index contributed by atoms with van der Waals surface area (Å²) in [7, 11) is 0. The summed E-state index contributed by atoms with van der Waals surface area (Å²) in [4.78, 5) is 0. The Morgan fingerprint density at radius 1 is 0.407 bits per heavy atom. The summed E-state index contributed by atoms with van der Waals surface area (Å²) in [6, 6.07) is 37.7. The van der Waals surface area contributed by atoms with Gasteiger partial charge in [-0.25, -0.2) is 0 Å². The van der Waals surface area contributed by atoms with Crippen LogP contribution in [0.2, 0.25) is 0 Å². The molecule has 0 fully saturated rings. The molecule has 7 rings (SSSR count). The lowest BCUT2D eigenvalue weighted by atomic mass is 9.51. The summed E-state index contributed by atoms with van der Waals surface area (Å²) in [5.41, 5.74) is 9.25. The third-order valence-electron chi connectivity index (χ3n) is 6.31. The number of benzene rings is 4. The van der Waals surface area contributed by atoms with Crippen molar-refractivity contribution >= 4 is 15.9 Å². The van der Waals surface area contributed by atoms with Crippen molar-refractivity contribution in [3.63, 3.8) is 0 Å². The quantitative estimate of drug-likeness (QED) is 0.320. The molecule has 0 aromatic heterocycles. The molecule has 0 radical (unpaired) electrons. The van der Waals surface area contributed by atoms with Gasteiger partial charge in [0.1, 0.15) is 4.32 Å². The van der Waals surface area contributed by atoms with E-state index in [1.54, 1.807) is 0 Å². The van der Waals surface area contributed by atoms with Crippen LogP contribution in [0, 0.1) is 0 Å². The molecule has 4 aromatic carbocycles. The van der Waals surface area contributed by atoms with Crippen LogP contribution in [0.1, 0.15) is 38.9 Å². The molecule has 3 aliphatic rings. The molecule has 0 saturated heterocycles. The van der Waals surface area contributed by atoms with E-state index < -0.39 is 0 Å². The smallest absolute Gasteiger partial charge is 0.0695 e. The van der Waals surface area contributed by atoms with Crippen LogP contribution in [0.25, 0.3) is 0 Å². The largest absolute Gasteiger partial charge is 0.101 e. The molecule has 0 heterocycles. The van der Waals surface area contributed by atoms with Gasteiger partial charge in [0.15, 0.2) is 0 Å². The third kappa shape index (κ3) is 1.65. The van der Waals surface area contributed by atoms with Gasteiger partial charge in [-0.1, -0.05) is 119 Å². The van der Waals surface area contributed by atoms with E-state index in [0.29, 0.717) is 0 Å². The lowest BCUT2D eigenvalue weighted by molar-refractivity contribution is 0.613. The zero-order chi connectivity index (χ0) is 18.1. The van der Waals surface area contributed by atoms with Gasteiger partial charge < -0.3 is 0 Å². The molecule has 2 bridgehead atoms. The maximum absolute atomic E-state index is 4.23. The van der Waals surface area contributed by atoms with Crippen molar-refractivity contribution in [2.75, 3.05) is 0 Å². The van der Waals surface area contributed by atoms with Gasteiger partial charge in [-0.15, -0.1) is 0 Å². The topological polar surface area (TPSA) is 0 Å². The van der Waals surface area contributed by atoms with Crippen molar-refractivity contribution in [3.05, 3.63) is 142 Å². The van der Waals surface area contributed by atoms with E-state index in [0.717, 1.165) is 0 Å². The highest BCUT2D eigenvalue weighted by molar-refractivity contribution is 9.10. The minimum atomic E-state index is -0.298. The molecule has 0 saturated carbocycles. The molecule has 0 amide bonds. The van der Waals surface area contributed by atoms with E-state index in [1.165, 1.54) is 38.9 Å². The van der Waals surface area contributed by atoms with Gasteiger partial charge in [0.25, 0.3) is 0 Å². The highest BCUT2D eigenvalue weighted by Crippen LogP contribution is 2.65. The first-order valence-corrected chi connectivity index (χ1v) is 10.1. The average Bonchev–Trinajstić information content (AvgIpc) is 2.75. The standard InChI is InChI=1S/C26H17Br/c27-26-22-15-7-4-12-19(22)25(18-10-2-1-3-11-18,20-13-5-8-16-23(20)26)21-14-6-9-17-24(21)26/h1-17H. The van der Waals surface area contributed by atoms with Crippen molar-refractivity contribution in [3.8, 4) is 0 Å². The summed E-state index contributed by atoms with van der Waals surface area (Å²) in [6.45, 7) is 0. The Hall–Kier alpha value is -2.64. The van der Waals surface area contributed by atoms with Crippen LogP contribution < -0.4 is 0 Å². The number of hydrogen-bond donors (Lipinski definition) is 0. The average molecular weight is 409 g/mol. The van der Waals surface area contributed by atoms with Crippen LogP contribution in [0.3, 0.4) is 0 Å². The summed E-state index contributed by atoms with van der Waals surface area (Å²) in [6.07, 6.45) is 0. The molecular weight excluding hydrogens is 392 g/mol. The fourth-order valence-corrected chi connectivity index (χ4v) is 6.39. The van der Waals surface area contributed by atoms with E-state index in [1.807, 2.05) is 0 Å². The Bertz CT molecular complexity index is 1070. The van der Waals surface area contributed by atoms with Crippen molar-refractivity contribution in [2.45, 2.75) is 9.74 Å². The van der Waals surface area contributed by atoms with E-state index in [4.69, 9.17) is 0 Å². The molecule has 0 nitrogen and oxygen atoms in total. The third-order valence-corrected chi connectivity index (χ3v) is 7.59. The first kappa shape index (κ1) is 15.4. The highest BCUT2D eigenvalue weighted by atomic mass is 79.9. The van der Waals surface area contributed by atoms with Crippen molar-refractivity contribution in [1.82, 2.24) is 0 Å². The van der Waals surface area contributed by atoms with Crippen LogP contribution >= 0.6 is 15.9 Å².